The zero-order valence-electron chi connectivity index (χ0n) is 7.09. The van der Waals surface area contributed by atoms with E-state index in [4.69, 9.17) is 5.11 Å². The van der Waals surface area contributed by atoms with Crippen LogP contribution < -0.4 is 0 Å². The van der Waals surface area contributed by atoms with Crippen molar-refractivity contribution in [2.24, 2.45) is 0 Å². The Morgan fingerprint density at radius 3 is 2.15 bits per heavy atom. The second-order valence-electron chi connectivity index (χ2n) is 3.44. The van der Waals surface area contributed by atoms with Crippen LogP contribution in [-0.2, 0) is 0 Å². The van der Waals surface area contributed by atoms with Gasteiger partial charge in [-0.25, -0.2) is 0 Å². The first-order valence-corrected chi connectivity index (χ1v) is 3.62. The average Bonchev–Trinajstić information content (AvgIpc) is 2.12. The number of nitrogens with zero attached hydrogens (tertiary/aromatic N) is 1. The van der Waals surface area contributed by atoms with Gasteiger partial charge in [0.2, 0.25) is 0 Å². The van der Waals surface area contributed by atoms with E-state index in [1.165, 1.54) is 13.8 Å². The normalized spacial score (nSPS) is 27.8. The molecule has 76 valence electrons. The number of hydroxylamine groups is 2. The van der Waals surface area contributed by atoms with E-state index in [1.807, 2.05) is 0 Å². The Morgan fingerprint density at radius 1 is 1.54 bits per heavy atom. The minimum absolute atomic E-state index is 0.197. The first kappa shape index (κ1) is 10.3. The second-order valence-corrected chi connectivity index (χ2v) is 3.44. The van der Waals surface area contributed by atoms with Crippen molar-refractivity contribution in [1.29, 1.82) is 0 Å². The van der Waals surface area contributed by atoms with Crippen molar-refractivity contribution in [3.63, 3.8) is 0 Å². The van der Waals surface area contributed by atoms with E-state index in [0.29, 0.717) is 6.08 Å². The van der Waals surface area contributed by atoms with Crippen LogP contribution in [0.1, 0.15) is 13.8 Å². The molecule has 1 atom stereocenters. The van der Waals surface area contributed by atoms with E-state index in [9.17, 15) is 18.4 Å². The van der Waals surface area contributed by atoms with Crippen LogP contribution in [-0.4, -0.2) is 28.0 Å². The van der Waals surface area contributed by atoms with Gasteiger partial charge in [-0.15, -0.1) is 0 Å². The molecule has 0 amide bonds. The SMILES string of the molecule is CC1(C)C(O)C=C(C(F)(F)F)N1[O-]. The van der Waals surface area contributed by atoms with Crippen molar-refractivity contribution in [1.82, 2.24) is 5.06 Å². The average molecular weight is 196 g/mol. The molecule has 3 nitrogen and oxygen atoms in total. The number of rotatable bonds is 0. The Hall–Kier alpha value is -0.750. The molecular weight excluding hydrogens is 187 g/mol. The Morgan fingerprint density at radius 2 is 2.00 bits per heavy atom. The lowest BCUT2D eigenvalue weighted by Crippen LogP contribution is -2.44. The minimum Gasteiger partial charge on any atom is -0.758 e. The molecule has 0 aromatic rings. The molecule has 13 heavy (non-hydrogen) atoms. The lowest BCUT2D eigenvalue weighted by atomic mass is 10.0. The number of allylic oxidation sites excluding steroid dienone is 1. The van der Waals surface area contributed by atoms with E-state index < -0.39 is 23.5 Å². The third-order valence-corrected chi connectivity index (χ3v) is 2.07. The number of hydrogen-bond acceptors (Lipinski definition) is 3. The molecule has 0 spiro atoms. The lowest BCUT2D eigenvalue weighted by molar-refractivity contribution is -0.111. The van der Waals surface area contributed by atoms with Gasteiger partial charge in [0, 0.05) is 0 Å². The van der Waals surface area contributed by atoms with E-state index in [-0.39, 0.29) is 5.06 Å². The molecule has 1 unspecified atom stereocenters. The van der Waals surface area contributed by atoms with Gasteiger partial charge in [-0.05, 0) is 19.9 Å². The zero-order valence-corrected chi connectivity index (χ0v) is 7.09. The second kappa shape index (κ2) is 2.62. The van der Waals surface area contributed by atoms with Crippen LogP contribution in [0.25, 0.3) is 0 Å². The van der Waals surface area contributed by atoms with E-state index in [1.54, 1.807) is 0 Å². The highest BCUT2D eigenvalue weighted by atomic mass is 19.4. The summed E-state index contributed by atoms with van der Waals surface area (Å²) in [6, 6.07) is 0. The van der Waals surface area contributed by atoms with E-state index in [0.717, 1.165) is 0 Å². The summed E-state index contributed by atoms with van der Waals surface area (Å²) in [5.74, 6) is 0. The van der Waals surface area contributed by atoms with Crippen molar-refractivity contribution in [3.05, 3.63) is 17.0 Å². The predicted octanol–water partition coefficient (Wildman–Crippen LogP) is 1.39. The Labute approximate surface area is 73.0 Å². The first-order chi connectivity index (χ1) is 5.67. The van der Waals surface area contributed by atoms with Gasteiger partial charge < -0.3 is 15.4 Å². The first-order valence-electron chi connectivity index (χ1n) is 3.62. The third kappa shape index (κ3) is 1.51. The summed E-state index contributed by atoms with van der Waals surface area (Å²) < 4.78 is 36.3. The fourth-order valence-electron chi connectivity index (χ4n) is 1.06. The van der Waals surface area contributed by atoms with Crippen LogP contribution >= 0.6 is 0 Å². The van der Waals surface area contributed by atoms with E-state index in [2.05, 4.69) is 0 Å². The highest BCUT2D eigenvalue weighted by Crippen LogP contribution is 2.39. The maximum absolute atomic E-state index is 12.1. The monoisotopic (exact) mass is 196 g/mol. The maximum Gasteiger partial charge on any atom is 0.430 e. The van der Waals surface area contributed by atoms with Gasteiger partial charge in [-0.3, -0.25) is 0 Å². The predicted molar refractivity (Wildman–Crippen MR) is 39.4 cm³/mol. The number of alkyl halides is 3. The summed E-state index contributed by atoms with van der Waals surface area (Å²) in [7, 11) is 0. The third-order valence-electron chi connectivity index (χ3n) is 2.07. The Bertz CT molecular complexity index is 247. The Balaban J connectivity index is 3.00. The highest BCUT2D eigenvalue weighted by Gasteiger charge is 2.46. The van der Waals surface area contributed by atoms with E-state index >= 15 is 0 Å². The van der Waals surface area contributed by atoms with Crippen molar-refractivity contribution in [3.8, 4) is 0 Å². The molecule has 0 bridgehead atoms. The zero-order chi connectivity index (χ0) is 10.4. The molecule has 0 aromatic heterocycles. The molecule has 0 aliphatic carbocycles. The molecule has 6 heteroatoms. The molecular formula is C7H9F3NO2-. The summed E-state index contributed by atoms with van der Waals surface area (Å²) in [6.07, 6.45) is -5.55. The smallest absolute Gasteiger partial charge is 0.430 e. The molecule has 1 N–H and O–H groups in total. The molecule has 1 aliphatic rings. The largest absolute Gasteiger partial charge is 0.758 e. The number of aliphatic hydroxyl groups is 1. The molecule has 1 aliphatic heterocycles. The number of aliphatic hydroxyl groups excluding tert-OH is 1. The van der Waals surface area contributed by atoms with Crippen LogP contribution in [0.2, 0.25) is 0 Å². The van der Waals surface area contributed by atoms with Crippen molar-refractivity contribution in [2.75, 3.05) is 0 Å². The molecule has 0 saturated carbocycles. The van der Waals surface area contributed by atoms with Gasteiger partial charge in [0.1, 0.15) is 5.70 Å². The summed E-state index contributed by atoms with van der Waals surface area (Å²) in [4.78, 5) is 0. The highest BCUT2D eigenvalue weighted by molar-refractivity contribution is 5.24. The summed E-state index contributed by atoms with van der Waals surface area (Å²) in [5, 5.41) is 20.0. The molecule has 0 aromatic carbocycles. The minimum atomic E-state index is -4.70. The van der Waals surface area contributed by atoms with Gasteiger partial charge in [0.25, 0.3) is 0 Å². The number of halogens is 3. The molecule has 1 rings (SSSR count). The molecule has 1 heterocycles. The molecule has 0 saturated heterocycles. The van der Waals surface area contributed by atoms with Gasteiger partial charge in [0.15, 0.2) is 0 Å². The molecule has 0 fully saturated rings. The van der Waals surface area contributed by atoms with Crippen LogP contribution in [0.5, 0.6) is 0 Å². The van der Waals surface area contributed by atoms with Gasteiger partial charge in [-0.1, -0.05) is 0 Å². The quantitative estimate of drug-likeness (QED) is 0.636. The maximum atomic E-state index is 12.1. The van der Waals surface area contributed by atoms with Crippen LogP contribution in [0.4, 0.5) is 13.2 Å². The fourth-order valence-corrected chi connectivity index (χ4v) is 1.06. The summed E-state index contributed by atoms with van der Waals surface area (Å²) in [6.45, 7) is 2.50. The molecule has 0 radical (unpaired) electrons. The summed E-state index contributed by atoms with van der Waals surface area (Å²) in [5.41, 5.74) is -2.77. The lowest BCUT2D eigenvalue weighted by Gasteiger charge is -2.43. The van der Waals surface area contributed by atoms with Crippen LogP contribution in [0, 0.1) is 5.21 Å². The standard InChI is InChI=1S/C7H9F3NO2/c1-6(2)5(12)3-4(11(6)13)7(8,9)10/h3,5,12H,1-2H3/q-1. The fraction of sp³-hybridized carbons (Fsp3) is 0.714. The Kier molecular flexibility index (Phi) is 2.08. The van der Waals surface area contributed by atoms with Gasteiger partial charge in [-0.2, -0.15) is 13.2 Å². The van der Waals surface area contributed by atoms with Crippen molar-refractivity contribution < 1.29 is 18.3 Å². The van der Waals surface area contributed by atoms with Gasteiger partial charge in [0.05, 0.1) is 11.6 Å². The van der Waals surface area contributed by atoms with Crippen molar-refractivity contribution >= 4 is 0 Å². The van der Waals surface area contributed by atoms with Crippen LogP contribution in [0.3, 0.4) is 0 Å². The summed E-state index contributed by atoms with van der Waals surface area (Å²) >= 11 is 0. The van der Waals surface area contributed by atoms with Gasteiger partial charge >= 0.3 is 6.18 Å². The topological polar surface area (TPSA) is 46.5 Å². The van der Waals surface area contributed by atoms with Crippen LogP contribution in [0.15, 0.2) is 11.8 Å². The van der Waals surface area contributed by atoms with Crippen molar-refractivity contribution in [2.45, 2.75) is 31.7 Å². The number of hydrogen-bond donors (Lipinski definition) is 1.